The Morgan fingerprint density at radius 2 is 2.12 bits per heavy atom. The van der Waals surface area contributed by atoms with Crippen LogP contribution >= 0.6 is 11.6 Å². The number of nitriles is 1. The van der Waals surface area contributed by atoms with Gasteiger partial charge < -0.3 is 15.2 Å². The number of nitrogens with two attached hydrogens (primary N) is 1. The van der Waals surface area contributed by atoms with E-state index in [4.69, 9.17) is 26.8 Å². The monoisotopic (exact) mass is 346 g/mol. The molecule has 5 nitrogen and oxygen atoms in total. The summed E-state index contributed by atoms with van der Waals surface area (Å²) in [6, 6.07) is 9.10. The number of nitrogens with zero attached hydrogens (tertiary/aromatic N) is 1. The highest BCUT2D eigenvalue weighted by atomic mass is 35.5. The molecule has 6 heteroatoms. The van der Waals surface area contributed by atoms with Crippen molar-refractivity contribution in [1.29, 1.82) is 5.26 Å². The molecule has 0 aromatic heterocycles. The quantitative estimate of drug-likeness (QED) is 0.820. The number of allylic oxidation sites excluding steroid dienone is 2. The minimum Gasteiger partial charge on any atom is -0.463 e. The van der Waals surface area contributed by atoms with E-state index in [0.717, 1.165) is 6.42 Å². The zero-order valence-corrected chi connectivity index (χ0v) is 14.4. The van der Waals surface area contributed by atoms with Crippen LogP contribution in [0.2, 0.25) is 5.02 Å². The molecule has 0 saturated heterocycles. The van der Waals surface area contributed by atoms with Crippen LogP contribution in [0.25, 0.3) is 0 Å². The molecule has 0 saturated carbocycles. The van der Waals surface area contributed by atoms with E-state index in [-0.39, 0.29) is 23.6 Å². The van der Waals surface area contributed by atoms with Crippen molar-refractivity contribution in [1.82, 2.24) is 0 Å². The molecule has 1 aliphatic heterocycles. The summed E-state index contributed by atoms with van der Waals surface area (Å²) >= 11 is 6.31. The van der Waals surface area contributed by atoms with Crippen molar-refractivity contribution in [3.05, 3.63) is 57.6 Å². The number of hydrogen-bond acceptors (Lipinski definition) is 5. The lowest BCUT2D eigenvalue weighted by Crippen LogP contribution is -2.26. The number of ether oxygens (including phenoxy) is 2. The van der Waals surface area contributed by atoms with Crippen LogP contribution in [0.3, 0.4) is 0 Å². The molecule has 1 atom stereocenters. The lowest BCUT2D eigenvalue weighted by molar-refractivity contribution is -0.139. The van der Waals surface area contributed by atoms with Crippen LogP contribution in [0.4, 0.5) is 0 Å². The Labute approximate surface area is 146 Å². The summed E-state index contributed by atoms with van der Waals surface area (Å²) < 4.78 is 10.8. The lowest BCUT2D eigenvalue weighted by atomic mass is 9.82. The third-order valence-electron chi connectivity index (χ3n) is 3.69. The minimum absolute atomic E-state index is 0.00100. The Bertz CT molecular complexity index is 747. The first-order chi connectivity index (χ1) is 11.5. The Morgan fingerprint density at radius 3 is 2.71 bits per heavy atom. The predicted molar refractivity (Wildman–Crippen MR) is 90.7 cm³/mol. The molecule has 0 radical (unpaired) electrons. The van der Waals surface area contributed by atoms with Crippen molar-refractivity contribution in [2.75, 3.05) is 6.61 Å². The van der Waals surface area contributed by atoms with Crippen LogP contribution in [0, 0.1) is 11.3 Å². The number of halogens is 1. The second kappa shape index (κ2) is 7.89. The highest BCUT2D eigenvalue weighted by molar-refractivity contribution is 6.31. The van der Waals surface area contributed by atoms with Gasteiger partial charge in [0.05, 0.1) is 18.1 Å². The molecule has 0 bridgehead atoms. The van der Waals surface area contributed by atoms with Crippen LogP contribution in [0.1, 0.15) is 38.2 Å². The SMILES string of the molecule is CCCC1=C(C(=O)OCC)C(c2ccccc2Cl)C(C#N)=C(N)O1. The lowest BCUT2D eigenvalue weighted by Gasteiger charge is -2.28. The molecule has 126 valence electrons. The van der Waals surface area contributed by atoms with Gasteiger partial charge in [-0.3, -0.25) is 0 Å². The molecular formula is C18H19ClN2O3. The average Bonchev–Trinajstić information content (AvgIpc) is 2.55. The fourth-order valence-electron chi connectivity index (χ4n) is 2.68. The van der Waals surface area contributed by atoms with Gasteiger partial charge in [-0.2, -0.15) is 5.26 Å². The first kappa shape index (κ1) is 17.9. The molecule has 1 heterocycles. The van der Waals surface area contributed by atoms with Crippen LogP contribution < -0.4 is 5.73 Å². The molecule has 1 aromatic rings. The first-order valence-electron chi connectivity index (χ1n) is 7.77. The van der Waals surface area contributed by atoms with Crippen LogP contribution in [-0.2, 0) is 14.3 Å². The Hall–Kier alpha value is -2.45. The van der Waals surface area contributed by atoms with Gasteiger partial charge in [0.15, 0.2) is 0 Å². The summed E-state index contributed by atoms with van der Waals surface area (Å²) in [5.41, 5.74) is 7.00. The number of hydrogen-bond donors (Lipinski definition) is 1. The van der Waals surface area contributed by atoms with E-state index in [1.54, 1.807) is 31.2 Å². The number of carbonyl (C=O) groups excluding carboxylic acids is 1. The second-order valence-electron chi connectivity index (χ2n) is 5.25. The maximum atomic E-state index is 12.6. The molecule has 1 aliphatic rings. The predicted octanol–water partition coefficient (Wildman–Crippen LogP) is 3.76. The number of carbonyl (C=O) groups is 1. The number of rotatable bonds is 5. The molecule has 2 N–H and O–H groups in total. The molecule has 1 aromatic carbocycles. The first-order valence-corrected chi connectivity index (χ1v) is 8.15. The third kappa shape index (κ3) is 3.39. The minimum atomic E-state index is -0.696. The molecule has 0 amide bonds. The number of esters is 1. The van der Waals surface area contributed by atoms with Gasteiger partial charge >= 0.3 is 5.97 Å². The van der Waals surface area contributed by atoms with Crippen molar-refractivity contribution in [2.24, 2.45) is 5.73 Å². The molecule has 1 unspecified atom stereocenters. The van der Waals surface area contributed by atoms with Gasteiger partial charge in [0.25, 0.3) is 0 Å². The summed E-state index contributed by atoms with van der Waals surface area (Å²) in [6.07, 6.45) is 1.26. The van der Waals surface area contributed by atoms with Crippen LogP contribution in [-0.4, -0.2) is 12.6 Å². The molecule has 2 rings (SSSR count). The summed E-state index contributed by atoms with van der Waals surface area (Å²) in [5, 5.41) is 9.99. The zero-order valence-electron chi connectivity index (χ0n) is 13.6. The zero-order chi connectivity index (χ0) is 17.7. The third-order valence-corrected chi connectivity index (χ3v) is 4.03. The van der Waals surface area contributed by atoms with Gasteiger partial charge in [-0.25, -0.2) is 4.79 Å². The molecule has 0 spiro atoms. The van der Waals surface area contributed by atoms with Gasteiger partial charge in [-0.15, -0.1) is 0 Å². The van der Waals surface area contributed by atoms with E-state index in [0.29, 0.717) is 22.8 Å². The number of benzene rings is 1. The van der Waals surface area contributed by atoms with E-state index in [1.807, 2.05) is 13.0 Å². The van der Waals surface area contributed by atoms with E-state index in [1.165, 1.54) is 0 Å². The normalized spacial score (nSPS) is 17.3. The van der Waals surface area contributed by atoms with Gasteiger partial charge in [0.1, 0.15) is 17.4 Å². The summed E-state index contributed by atoms with van der Waals surface area (Å²) in [4.78, 5) is 12.6. The van der Waals surface area contributed by atoms with Crippen molar-refractivity contribution in [3.63, 3.8) is 0 Å². The summed E-state index contributed by atoms with van der Waals surface area (Å²) in [7, 11) is 0. The second-order valence-corrected chi connectivity index (χ2v) is 5.66. The molecule has 0 fully saturated rings. The fourth-order valence-corrected chi connectivity index (χ4v) is 2.93. The molecule has 0 aliphatic carbocycles. The topological polar surface area (TPSA) is 85.3 Å². The molecular weight excluding hydrogens is 328 g/mol. The van der Waals surface area contributed by atoms with E-state index < -0.39 is 11.9 Å². The highest BCUT2D eigenvalue weighted by Crippen LogP contribution is 2.42. The van der Waals surface area contributed by atoms with Crippen molar-refractivity contribution >= 4 is 17.6 Å². The summed E-state index contributed by atoms with van der Waals surface area (Å²) in [6.45, 7) is 3.91. The smallest absolute Gasteiger partial charge is 0.338 e. The van der Waals surface area contributed by atoms with Gasteiger partial charge in [0.2, 0.25) is 5.88 Å². The van der Waals surface area contributed by atoms with Crippen molar-refractivity contribution in [2.45, 2.75) is 32.6 Å². The van der Waals surface area contributed by atoms with Gasteiger partial charge in [-0.05, 0) is 25.0 Å². The average molecular weight is 347 g/mol. The van der Waals surface area contributed by atoms with E-state index in [9.17, 15) is 10.1 Å². The van der Waals surface area contributed by atoms with Crippen LogP contribution in [0.5, 0.6) is 0 Å². The fraction of sp³-hybridized carbons (Fsp3) is 0.333. The van der Waals surface area contributed by atoms with Gasteiger partial charge in [0, 0.05) is 11.4 Å². The Morgan fingerprint density at radius 1 is 1.42 bits per heavy atom. The highest BCUT2D eigenvalue weighted by Gasteiger charge is 2.38. The van der Waals surface area contributed by atoms with E-state index >= 15 is 0 Å². The molecule has 24 heavy (non-hydrogen) atoms. The maximum Gasteiger partial charge on any atom is 0.338 e. The van der Waals surface area contributed by atoms with Crippen molar-refractivity contribution in [3.8, 4) is 6.07 Å². The largest absolute Gasteiger partial charge is 0.463 e. The van der Waals surface area contributed by atoms with Gasteiger partial charge in [-0.1, -0.05) is 36.7 Å². The maximum absolute atomic E-state index is 12.6. The Balaban J connectivity index is 2.69. The van der Waals surface area contributed by atoms with Crippen LogP contribution in [0.15, 0.2) is 47.1 Å². The standard InChI is InChI=1S/C18H19ClN2O3/c1-3-7-14-16(18(22)23-4-2)15(12(10-20)17(21)24-14)11-8-5-6-9-13(11)19/h5-6,8-9,15H,3-4,7,21H2,1-2H3. The Kier molecular flexibility index (Phi) is 5.88. The van der Waals surface area contributed by atoms with Crippen molar-refractivity contribution < 1.29 is 14.3 Å². The summed E-state index contributed by atoms with van der Waals surface area (Å²) in [5.74, 6) is -0.791. The van der Waals surface area contributed by atoms with E-state index in [2.05, 4.69) is 0 Å².